The van der Waals surface area contributed by atoms with Crippen LogP contribution in [-0.2, 0) is 20.9 Å². The standard InChI is InChI=1S/C17H16Cl2F3N5O3S2/c18-12-2-1-11(32(28,29)27-3-5-30-6-4-27)8-14(12)24-16(31)26-25-15-13(19)7-10(9-23-15)17(20,21)22/h1-2,7-9H,3-6H2,(H,23,25)(H2,24,26,31). The first kappa shape index (κ1) is 24.7. The summed E-state index contributed by atoms with van der Waals surface area (Å²) in [6.07, 6.45) is -3.97. The van der Waals surface area contributed by atoms with Gasteiger partial charge in [0.05, 0.1) is 39.4 Å². The molecule has 0 saturated carbocycles. The Labute approximate surface area is 197 Å². The molecule has 8 nitrogen and oxygen atoms in total. The predicted octanol–water partition coefficient (Wildman–Crippen LogP) is 3.74. The minimum Gasteiger partial charge on any atom is -0.379 e. The molecule has 0 bridgehead atoms. The second kappa shape index (κ2) is 9.93. The van der Waals surface area contributed by atoms with Crippen LogP contribution in [0.25, 0.3) is 0 Å². The first-order valence-corrected chi connectivity index (χ1v) is 11.5. The van der Waals surface area contributed by atoms with Crippen LogP contribution in [0.1, 0.15) is 5.56 Å². The monoisotopic (exact) mass is 529 g/mol. The molecule has 15 heteroatoms. The zero-order valence-electron chi connectivity index (χ0n) is 16.0. The van der Waals surface area contributed by atoms with E-state index in [0.29, 0.717) is 25.5 Å². The third kappa shape index (κ3) is 5.91. The second-order valence-corrected chi connectivity index (χ2v) is 9.58. The maximum absolute atomic E-state index is 12.8. The summed E-state index contributed by atoms with van der Waals surface area (Å²) >= 11 is 17.1. The van der Waals surface area contributed by atoms with Crippen LogP contribution in [-0.4, -0.2) is 49.1 Å². The van der Waals surface area contributed by atoms with Crippen molar-refractivity contribution in [1.82, 2.24) is 14.7 Å². The third-order valence-electron chi connectivity index (χ3n) is 4.26. The number of rotatable bonds is 5. The predicted molar refractivity (Wildman–Crippen MR) is 118 cm³/mol. The Hall–Kier alpha value is -1.90. The van der Waals surface area contributed by atoms with Gasteiger partial charge in [0.2, 0.25) is 10.0 Å². The number of pyridine rings is 1. The Balaban J connectivity index is 1.68. The van der Waals surface area contributed by atoms with Gasteiger partial charge in [0, 0.05) is 19.3 Å². The highest BCUT2D eigenvalue weighted by molar-refractivity contribution is 7.89. The molecule has 0 amide bonds. The number of hydrazine groups is 1. The van der Waals surface area contributed by atoms with Crippen LogP contribution in [0.3, 0.4) is 0 Å². The van der Waals surface area contributed by atoms with Crippen LogP contribution in [0.5, 0.6) is 0 Å². The van der Waals surface area contributed by atoms with E-state index in [4.69, 9.17) is 40.2 Å². The molecule has 0 spiro atoms. The summed E-state index contributed by atoms with van der Waals surface area (Å²) in [6.45, 7) is 1.08. The molecule has 0 atom stereocenters. The van der Waals surface area contributed by atoms with E-state index in [1.54, 1.807) is 0 Å². The maximum Gasteiger partial charge on any atom is 0.417 e. The van der Waals surface area contributed by atoms with Gasteiger partial charge < -0.3 is 10.1 Å². The van der Waals surface area contributed by atoms with Gasteiger partial charge in [-0.1, -0.05) is 23.2 Å². The molecule has 1 saturated heterocycles. The van der Waals surface area contributed by atoms with Crippen molar-refractivity contribution < 1.29 is 26.3 Å². The van der Waals surface area contributed by atoms with Crippen LogP contribution >= 0.6 is 35.4 Å². The number of morpholine rings is 1. The van der Waals surface area contributed by atoms with Crippen molar-refractivity contribution in [3.63, 3.8) is 0 Å². The smallest absolute Gasteiger partial charge is 0.379 e. The highest BCUT2D eigenvalue weighted by Gasteiger charge is 2.31. The van der Waals surface area contributed by atoms with E-state index in [9.17, 15) is 21.6 Å². The molecule has 0 unspecified atom stereocenters. The van der Waals surface area contributed by atoms with Gasteiger partial charge in [0.15, 0.2) is 10.9 Å². The van der Waals surface area contributed by atoms with Gasteiger partial charge in [-0.15, -0.1) is 0 Å². The Bertz CT molecular complexity index is 1110. The lowest BCUT2D eigenvalue weighted by Crippen LogP contribution is -2.40. The Morgan fingerprint density at radius 2 is 1.84 bits per heavy atom. The van der Waals surface area contributed by atoms with Gasteiger partial charge >= 0.3 is 6.18 Å². The van der Waals surface area contributed by atoms with Crippen LogP contribution in [0.2, 0.25) is 10.0 Å². The van der Waals surface area contributed by atoms with Gasteiger partial charge in [-0.25, -0.2) is 13.4 Å². The topological polar surface area (TPSA) is 95.6 Å². The van der Waals surface area contributed by atoms with Gasteiger partial charge in [-0.05, 0) is 36.5 Å². The van der Waals surface area contributed by atoms with E-state index in [0.717, 1.165) is 0 Å². The fraction of sp³-hybridized carbons (Fsp3) is 0.294. The molecule has 3 rings (SSSR count). The fourth-order valence-electron chi connectivity index (χ4n) is 2.65. The van der Waals surface area contributed by atoms with E-state index >= 15 is 0 Å². The van der Waals surface area contributed by atoms with Gasteiger partial charge in [-0.2, -0.15) is 17.5 Å². The summed E-state index contributed by atoms with van der Waals surface area (Å²) in [5.74, 6) is -0.0986. The van der Waals surface area contributed by atoms with Crippen LogP contribution in [0.4, 0.5) is 24.7 Å². The van der Waals surface area contributed by atoms with Gasteiger partial charge in [0.1, 0.15) is 0 Å². The number of hydrogen-bond acceptors (Lipinski definition) is 6. The largest absolute Gasteiger partial charge is 0.417 e. The zero-order valence-corrected chi connectivity index (χ0v) is 19.2. The normalized spacial score (nSPS) is 15.3. The van der Waals surface area contributed by atoms with E-state index in [1.807, 2.05) is 0 Å². The van der Waals surface area contributed by atoms with Crippen molar-refractivity contribution in [1.29, 1.82) is 0 Å². The summed E-state index contributed by atoms with van der Waals surface area (Å²) in [5.41, 5.74) is 4.18. The molecular formula is C17H16Cl2F3N5O3S2. The van der Waals surface area contributed by atoms with Crippen LogP contribution in [0.15, 0.2) is 35.4 Å². The number of anilines is 2. The Morgan fingerprint density at radius 3 is 2.47 bits per heavy atom. The molecule has 3 N–H and O–H groups in total. The molecule has 0 radical (unpaired) electrons. The lowest BCUT2D eigenvalue weighted by atomic mass is 10.3. The summed E-state index contributed by atoms with van der Waals surface area (Å²) in [6, 6.07) is 4.82. The number of aromatic nitrogens is 1. The third-order valence-corrected chi connectivity index (χ3v) is 6.97. The van der Waals surface area contributed by atoms with E-state index < -0.39 is 21.8 Å². The van der Waals surface area contributed by atoms with Crippen molar-refractivity contribution >= 4 is 62.1 Å². The first-order chi connectivity index (χ1) is 15.0. The molecule has 1 aromatic heterocycles. The Kier molecular flexibility index (Phi) is 7.68. The van der Waals surface area contributed by atoms with Crippen molar-refractivity contribution in [2.45, 2.75) is 11.1 Å². The molecular weight excluding hydrogens is 514 g/mol. The summed E-state index contributed by atoms with van der Waals surface area (Å²) in [4.78, 5) is 3.61. The Morgan fingerprint density at radius 1 is 1.16 bits per heavy atom. The summed E-state index contributed by atoms with van der Waals surface area (Å²) in [7, 11) is -3.76. The number of alkyl halides is 3. The van der Waals surface area contributed by atoms with E-state index in [2.05, 4.69) is 21.2 Å². The minimum atomic E-state index is -4.58. The molecule has 0 aliphatic carbocycles. The van der Waals surface area contributed by atoms with E-state index in [-0.39, 0.29) is 44.6 Å². The summed E-state index contributed by atoms with van der Waals surface area (Å²) in [5, 5.41) is 2.56. The molecule has 32 heavy (non-hydrogen) atoms. The number of nitrogens with zero attached hydrogens (tertiary/aromatic N) is 2. The molecule has 2 aromatic rings. The average Bonchev–Trinajstić information content (AvgIpc) is 2.74. The number of ether oxygens (including phenoxy) is 1. The van der Waals surface area contributed by atoms with Gasteiger partial charge in [0.25, 0.3) is 0 Å². The second-order valence-electron chi connectivity index (χ2n) is 6.41. The van der Waals surface area contributed by atoms with Crippen LogP contribution in [0, 0.1) is 0 Å². The number of nitrogens with one attached hydrogen (secondary N) is 3. The first-order valence-electron chi connectivity index (χ1n) is 8.91. The molecule has 1 aromatic carbocycles. The number of hydrogen-bond donors (Lipinski definition) is 3. The average molecular weight is 530 g/mol. The number of sulfonamides is 1. The molecule has 1 aliphatic rings. The molecule has 1 aliphatic heterocycles. The van der Waals surface area contributed by atoms with Crippen molar-refractivity contribution in [3.8, 4) is 0 Å². The fourth-order valence-corrected chi connectivity index (χ4v) is 4.63. The maximum atomic E-state index is 12.8. The summed E-state index contributed by atoms with van der Waals surface area (Å²) < 4.78 is 70.2. The number of thiocarbonyl (C=S) groups is 1. The quantitative estimate of drug-likeness (QED) is 0.398. The lowest BCUT2D eigenvalue weighted by molar-refractivity contribution is -0.137. The number of benzene rings is 1. The van der Waals surface area contributed by atoms with Crippen molar-refractivity contribution in [2.75, 3.05) is 37.0 Å². The number of halogens is 5. The minimum absolute atomic E-state index is 0.00881. The SMILES string of the molecule is O=S(=O)(c1ccc(Cl)c(NC(=S)NNc2ncc(C(F)(F)F)cc2Cl)c1)N1CCOCC1. The molecule has 174 valence electrons. The van der Waals surface area contributed by atoms with Crippen LogP contribution < -0.4 is 16.2 Å². The lowest BCUT2D eigenvalue weighted by Gasteiger charge is -2.26. The van der Waals surface area contributed by atoms with Gasteiger partial charge in [-0.3, -0.25) is 10.9 Å². The molecule has 1 fully saturated rings. The van der Waals surface area contributed by atoms with E-state index in [1.165, 1.54) is 22.5 Å². The highest BCUT2D eigenvalue weighted by atomic mass is 35.5. The van der Waals surface area contributed by atoms with Crippen molar-refractivity contribution in [2.24, 2.45) is 0 Å². The molecule has 2 heterocycles. The van der Waals surface area contributed by atoms with Crippen molar-refractivity contribution in [3.05, 3.63) is 46.1 Å². The highest BCUT2D eigenvalue weighted by Crippen LogP contribution is 2.32. The zero-order chi connectivity index (χ0) is 23.5.